The molecular formula is C19H18N2O4S2. The molecule has 3 rings (SSSR count). The average Bonchev–Trinajstić information content (AvgIpc) is 3.03. The maximum Gasteiger partial charge on any atom is 0.335 e. The molecule has 0 saturated carbocycles. The summed E-state index contributed by atoms with van der Waals surface area (Å²) in [5.74, 6) is -1.17. The van der Waals surface area contributed by atoms with E-state index in [2.05, 4.69) is 9.71 Å². The van der Waals surface area contributed by atoms with Crippen molar-refractivity contribution in [2.24, 2.45) is 0 Å². The van der Waals surface area contributed by atoms with Gasteiger partial charge in [0.05, 0.1) is 21.2 Å². The van der Waals surface area contributed by atoms with E-state index < -0.39 is 16.0 Å². The van der Waals surface area contributed by atoms with Crippen molar-refractivity contribution in [2.45, 2.75) is 25.7 Å². The number of aromatic carboxylic acids is 1. The molecule has 1 heterocycles. The predicted molar refractivity (Wildman–Crippen MR) is 106 cm³/mol. The normalized spacial score (nSPS) is 11.4. The lowest BCUT2D eigenvalue weighted by atomic mass is 10.1. The van der Waals surface area contributed by atoms with Gasteiger partial charge in [-0.25, -0.2) is 18.2 Å². The van der Waals surface area contributed by atoms with Gasteiger partial charge in [-0.1, -0.05) is 12.1 Å². The predicted octanol–water partition coefficient (Wildman–Crippen LogP) is 4.23. The molecule has 0 bridgehead atoms. The number of hydrogen-bond donors (Lipinski definition) is 2. The number of rotatable bonds is 5. The third-order valence-electron chi connectivity index (χ3n) is 4.19. The van der Waals surface area contributed by atoms with Crippen LogP contribution in [0.2, 0.25) is 0 Å². The maximum absolute atomic E-state index is 12.9. The van der Waals surface area contributed by atoms with E-state index in [0.29, 0.717) is 16.8 Å². The van der Waals surface area contributed by atoms with Gasteiger partial charge in [0.15, 0.2) is 0 Å². The van der Waals surface area contributed by atoms with E-state index in [1.165, 1.54) is 23.5 Å². The van der Waals surface area contributed by atoms with E-state index in [4.69, 9.17) is 0 Å². The first-order valence-electron chi connectivity index (χ1n) is 8.07. The van der Waals surface area contributed by atoms with Gasteiger partial charge in [0.2, 0.25) is 0 Å². The second kappa shape index (κ2) is 7.13. The first kappa shape index (κ1) is 19.1. The number of aromatic nitrogens is 1. The van der Waals surface area contributed by atoms with Crippen molar-refractivity contribution >= 4 is 33.0 Å². The first-order valence-corrected chi connectivity index (χ1v) is 10.4. The highest BCUT2D eigenvalue weighted by Crippen LogP contribution is 2.27. The van der Waals surface area contributed by atoms with Crippen LogP contribution in [0, 0.1) is 20.8 Å². The summed E-state index contributed by atoms with van der Waals surface area (Å²) in [4.78, 5) is 15.6. The highest BCUT2D eigenvalue weighted by Gasteiger charge is 2.21. The molecule has 2 N–H and O–H groups in total. The van der Waals surface area contributed by atoms with Crippen LogP contribution in [-0.4, -0.2) is 24.5 Å². The molecule has 2 aromatic carbocycles. The number of thiazole rings is 1. The smallest absolute Gasteiger partial charge is 0.335 e. The number of sulfonamides is 1. The van der Waals surface area contributed by atoms with Crippen LogP contribution >= 0.6 is 11.3 Å². The van der Waals surface area contributed by atoms with Crippen LogP contribution in [0.5, 0.6) is 0 Å². The third-order valence-corrected chi connectivity index (χ3v) is 6.47. The second-order valence-corrected chi connectivity index (χ2v) is 8.87. The molecule has 1 aromatic heterocycles. The van der Waals surface area contributed by atoms with E-state index in [9.17, 15) is 18.3 Å². The van der Waals surface area contributed by atoms with Gasteiger partial charge in [0, 0.05) is 16.6 Å². The molecule has 0 atom stereocenters. The third kappa shape index (κ3) is 4.01. The number of aryl methyl sites for hydroxylation is 2. The van der Waals surface area contributed by atoms with Gasteiger partial charge in [-0.3, -0.25) is 4.72 Å². The molecule has 0 aliphatic heterocycles. The lowest BCUT2D eigenvalue weighted by Gasteiger charge is -2.13. The summed E-state index contributed by atoms with van der Waals surface area (Å²) < 4.78 is 28.3. The number of hydrogen-bond acceptors (Lipinski definition) is 5. The van der Waals surface area contributed by atoms with E-state index >= 15 is 0 Å². The fourth-order valence-electron chi connectivity index (χ4n) is 2.68. The quantitative estimate of drug-likeness (QED) is 0.666. The SMILES string of the molecule is Cc1nc(-c2cccc(NS(=O)(=O)c3cc(C(=O)O)cc(C)c3C)c2)cs1. The number of benzene rings is 2. The Morgan fingerprint density at radius 1 is 1.15 bits per heavy atom. The summed E-state index contributed by atoms with van der Waals surface area (Å²) in [6, 6.07) is 9.59. The lowest BCUT2D eigenvalue weighted by Crippen LogP contribution is -2.16. The molecule has 0 aliphatic carbocycles. The van der Waals surface area contributed by atoms with Crippen molar-refractivity contribution in [1.29, 1.82) is 0 Å². The monoisotopic (exact) mass is 402 g/mol. The van der Waals surface area contributed by atoms with Crippen LogP contribution in [0.1, 0.15) is 26.5 Å². The first-order chi connectivity index (χ1) is 12.7. The molecule has 8 heteroatoms. The zero-order valence-electron chi connectivity index (χ0n) is 15.0. The number of anilines is 1. The van der Waals surface area contributed by atoms with Crippen LogP contribution in [0.15, 0.2) is 46.7 Å². The topological polar surface area (TPSA) is 96.4 Å². The van der Waals surface area contributed by atoms with Gasteiger partial charge in [-0.15, -0.1) is 11.3 Å². The van der Waals surface area contributed by atoms with Crippen molar-refractivity contribution in [2.75, 3.05) is 4.72 Å². The molecule has 0 saturated heterocycles. The zero-order valence-corrected chi connectivity index (χ0v) is 16.6. The van der Waals surface area contributed by atoms with E-state index in [0.717, 1.165) is 16.3 Å². The van der Waals surface area contributed by atoms with Gasteiger partial charge in [0.25, 0.3) is 10.0 Å². The fourth-order valence-corrected chi connectivity index (χ4v) is 4.69. The second-order valence-electron chi connectivity index (χ2n) is 6.16. The number of carbonyl (C=O) groups is 1. The Balaban J connectivity index is 1.99. The Labute approximate surface area is 161 Å². The molecule has 140 valence electrons. The van der Waals surface area contributed by atoms with Crippen LogP contribution < -0.4 is 4.72 Å². The van der Waals surface area contributed by atoms with Gasteiger partial charge < -0.3 is 5.11 Å². The van der Waals surface area contributed by atoms with Crippen molar-refractivity contribution in [3.63, 3.8) is 0 Å². The number of carboxylic acids is 1. The molecule has 0 amide bonds. The Hall–Kier alpha value is -2.71. The summed E-state index contributed by atoms with van der Waals surface area (Å²) in [6.45, 7) is 5.25. The maximum atomic E-state index is 12.9. The Morgan fingerprint density at radius 2 is 1.89 bits per heavy atom. The van der Waals surface area contributed by atoms with Crippen LogP contribution in [-0.2, 0) is 10.0 Å². The molecule has 0 fully saturated rings. The summed E-state index contributed by atoms with van der Waals surface area (Å²) in [5.41, 5.74) is 3.01. The summed E-state index contributed by atoms with van der Waals surface area (Å²) in [7, 11) is -3.95. The zero-order chi connectivity index (χ0) is 19.8. The lowest BCUT2D eigenvalue weighted by molar-refractivity contribution is 0.0696. The molecular weight excluding hydrogens is 384 g/mol. The highest BCUT2D eigenvalue weighted by atomic mass is 32.2. The van der Waals surface area contributed by atoms with Crippen molar-refractivity contribution in [3.8, 4) is 11.3 Å². The molecule has 0 spiro atoms. The Morgan fingerprint density at radius 3 is 2.52 bits per heavy atom. The minimum atomic E-state index is -3.95. The largest absolute Gasteiger partial charge is 0.478 e. The number of nitrogens with one attached hydrogen (secondary N) is 1. The minimum absolute atomic E-state index is 0.0465. The average molecular weight is 402 g/mol. The number of nitrogens with zero attached hydrogens (tertiary/aromatic N) is 1. The minimum Gasteiger partial charge on any atom is -0.478 e. The molecule has 0 aliphatic rings. The fraction of sp³-hybridized carbons (Fsp3) is 0.158. The van der Waals surface area contributed by atoms with Crippen LogP contribution in [0.4, 0.5) is 5.69 Å². The Kier molecular flexibility index (Phi) is 5.03. The van der Waals surface area contributed by atoms with Crippen molar-refractivity contribution in [3.05, 3.63) is 63.5 Å². The van der Waals surface area contributed by atoms with Gasteiger partial charge in [0.1, 0.15) is 0 Å². The summed E-state index contributed by atoms with van der Waals surface area (Å²) >= 11 is 1.52. The standard InChI is InChI=1S/C19H18N2O4S2/c1-11-7-15(19(22)23)9-18(12(11)2)27(24,25)21-16-6-4-5-14(8-16)17-10-26-13(3)20-17/h4-10,21H,1-3H3,(H,22,23). The summed E-state index contributed by atoms with van der Waals surface area (Å²) in [5, 5.41) is 12.1. The highest BCUT2D eigenvalue weighted by molar-refractivity contribution is 7.92. The van der Waals surface area contributed by atoms with Gasteiger partial charge >= 0.3 is 5.97 Å². The molecule has 6 nitrogen and oxygen atoms in total. The van der Waals surface area contributed by atoms with Crippen molar-refractivity contribution in [1.82, 2.24) is 4.98 Å². The van der Waals surface area contributed by atoms with Crippen LogP contribution in [0.3, 0.4) is 0 Å². The van der Waals surface area contributed by atoms with E-state index in [1.54, 1.807) is 32.0 Å². The molecule has 27 heavy (non-hydrogen) atoms. The van der Waals surface area contributed by atoms with Crippen molar-refractivity contribution < 1.29 is 18.3 Å². The van der Waals surface area contributed by atoms with Gasteiger partial charge in [-0.2, -0.15) is 0 Å². The molecule has 3 aromatic rings. The molecule has 0 unspecified atom stereocenters. The molecule has 0 radical (unpaired) electrons. The van der Waals surface area contributed by atoms with Crippen LogP contribution in [0.25, 0.3) is 11.3 Å². The van der Waals surface area contributed by atoms with E-state index in [1.807, 2.05) is 18.4 Å². The van der Waals surface area contributed by atoms with Gasteiger partial charge in [-0.05, 0) is 56.2 Å². The number of carboxylic acid groups (broad SMARTS) is 1. The summed E-state index contributed by atoms with van der Waals surface area (Å²) in [6.07, 6.45) is 0. The Bertz CT molecular complexity index is 1130. The van der Waals surface area contributed by atoms with E-state index in [-0.39, 0.29) is 10.5 Å².